The zero-order valence-corrected chi connectivity index (χ0v) is 12.9. The van der Waals surface area contributed by atoms with Gasteiger partial charge in [0.2, 0.25) is 0 Å². The van der Waals surface area contributed by atoms with E-state index in [0.717, 1.165) is 18.7 Å². The summed E-state index contributed by atoms with van der Waals surface area (Å²) >= 11 is 0. The molecular weight excluding hydrogens is 279 g/mol. The van der Waals surface area contributed by atoms with Crippen molar-refractivity contribution in [2.45, 2.75) is 52.5 Å². The first-order chi connectivity index (χ1) is 9.81. The first-order valence-corrected chi connectivity index (χ1v) is 7.28. The van der Waals surface area contributed by atoms with Gasteiger partial charge >= 0.3 is 6.18 Å². The molecule has 0 amide bonds. The third kappa shape index (κ3) is 7.43. The van der Waals surface area contributed by atoms with E-state index in [1.54, 1.807) is 19.9 Å². The van der Waals surface area contributed by atoms with Gasteiger partial charge in [-0.2, -0.15) is 13.2 Å². The minimum absolute atomic E-state index is 0.185. The topological polar surface area (TPSA) is 28.2 Å². The number of hydrogen-bond acceptors (Lipinski definition) is 3. The van der Waals surface area contributed by atoms with Crippen molar-refractivity contribution in [2.24, 2.45) is 0 Å². The lowest BCUT2D eigenvalue weighted by Gasteiger charge is -2.27. The second-order valence-corrected chi connectivity index (χ2v) is 5.41. The zero-order valence-electron chi connectivity index (χ0n) is 12.9. The average Bonchev–Trinajstić information content (AvgIpc) is 2.37. The number of alkyl halides is 3. The van der Waals surface area contributed by atoms with Crippen LogP contribution in [0.2, 0.25) is 0 Å². The lowest BCUT2D eigenvalue weighted by molar-refractivity contribution is -0.151. The smallest absolute Gasteiger partial charge is 0.311 e. The number of halogens is 3. The number of pyridine rings is 1. The van der Waals surface area contributed by atoms with Gasteiger partial charge < -0.3 is 5.32 Å². The molecule has 0 radical (unpaired) electrons. The Morgan fingerprint density at radius 1 is 1.24 bits per heavy atom. The van der Waals surface area contributed by atoms with Crippen LogP contribution < -0.4 is 5.32 Å². The van der Waals surface area contributed by atoms with E-state index in [-0.39, 0.29) is 12.6 Å². The van der Waals surface area contributed by atoms with Crippen LogP contribution in [0.4, 0.5) is 13.2 Å². The minimum Gasteiger partial charge on any atom is -0.311 e. The van der Waals surface area contributed by atoms with E-state index < -0.39 is 12.7 Å². The van der Waals surface area contributed by atoms with E-state index in [1.807, 2.05) is 12.1 Å². The number of nitrogens with one attached hydrogen (secondary N) is 1. The fourth-order valence-corrected chi connectivity index (χ4v) is 1.97. The molecule has 1 rings (SSSR count). The SMILES string of the molecule is CCCNCc1cccc(CN(CC(F)(F)F)C(C)C)n1. The van der Waals surface area contributed by atoms with Gasteiger partial charge in [0.1, 0.15) is 0 Å². The minimum atomic E-state index is -4.19. The molecule has 0 aliphatic heterocycles. The number of rotatable bonds is 8. The molecule has 0 aliphatic carbocycles. The van der Waals surface area contributed by atoms with Crippen molar-refractivity contribution in [1.82, 2.24) is 15.2 Å². The maximum absolute atomic E-state index is 12.6. The molecule has 0 bridgehead atoms. The highest BCUT2D eigenvalue weighted by atomic mass is 19.4. The molecule has 3 nitrogen and oxygen atoms in total. The molecule has 0 atom stereocenters. The van der Waals surface area contributed by atoms with Gasteiger partial charge in [-0.1, -0.05) is 13.0 Å². The van der Waals surface area contributed by atoms with Crippen LogP contribution in [-0.4, -0.2) is 35.2 Å². The fourth-order valence-electron chi connectivity index (χ4n) is 1.97. The Kier molecular flexibility index (Phi) is 7.11. The highest BCUT2D eigenvalue weighted by Crippen LogP contribution is 2.19. The van der Waals surface area contributed by atoms with E-state index in [9.17, 15) is 13.2 Å². The van der Waals surface area contributed by atoms with Gasteiger partial charge in [-0.25, -0.2) is 0 Å². The van der Waals surface area contributed by atoms with Crippen LogP contribution in [0.15, 0.2) is 18.2 Å². The zero-order chi connectivity index (χ0) is 15.9. The van der Waals surface area contributed by atoms with E-state index in [0.29, 0.717) is 12.2 Å². The predicted molar refractivity (Wildman–Crippen MR) is 77.8 cm³/mol. The summed E-state index contributed by atoms with van der Waals surface area (Å²) in [6.07, 6.45) is -3.16. The van der Waals surface area contributed by atoms with Crippen LogP contribution >= 0.6 is 0 Å². The summed E-state index contributed by atoms with van der Waals surface area (Å²) in [5.74, 6) is 0. The van der Waals surface area contributed by atoms with Crippen molar-refractivity contribution in [3.05, 3.63) is 29.6 Å². The number of nitrogens with zero attached hydrogens (tertiary/aromatic N) is 2. The van der Waals surface area contributed by atoms with E-state index in [2.05, 4.69) is 17.2 Å². The van der Waals surface area contributed by atoms with E-state index in [4.69, 9.17) is 0 Å². The molecule has 0 fully saturated rings. The van der Waals surface area contributed by atoms with Crippen molar-refractivity contribution in [2.75, 3.05) is 13.1 Å². The van der Waals surface area contributed by atoms with Crippen molar-refractivity contribution in [1.29, 1.82) is 0 Å². The summed E-state index contributed by atoms with van der Waals surface area (Å²) in [5, 5.41) is 3.24. The molecule has 1 heterocycles. The van der Waals surface area contributed by atoms with Crippen LogP contribution in [0.3, 0.4) is 0 Å². The molecule has 0 aliphatic rings. The lowest BCUT2D eigenvalue weighted by atomic mass is 10.2. The predicted octanol–water partition coefficient (Wildman–Crippen LogP) is 3.35. The van der Waals surface area contributed by atoms with Crippen molar-refractivity contribution < 1.29 is 13.2 Å². The Morgan fingerprint density at radius 2 is 1.90 bits per heavy atom. The van der Waals surface area contributed by atoms with Gasteiger partial charge in [0, 0.05) is 19.1 Å². The second-order valence-electron chi connectivity index (χ2n) is 5.41. The Bertz CT molecular complexity index is 419. The molecule has 1 N–H and O–H groups in total. The van der Waals surface area contributed by atoms with Gasteiger partial charge in [0.25, 0.3) is 0 Å². The number of aromatic nitrogens is 1. The summed E-state index contributed by atoms with van der Waals surface area (Å²) in [4.78, 5) is 5.81. The maximum atomic E-state index is 12.6. The van der Waals surface area contributed by atoms with Gasteiger partial charge in [-0.15, -0.1) is 0 Å². The Balaban J connectivity index is 2.68. The Hall–Kier alpha value is -1.14. The molecule has 6 heteroatoms. The van der Waals surface area contributed by atoms with Crippen LogP contribution in [0.25, 0.3) is 0 Å². The van der Waals surface area contributed by atoms with Crippen LogP contribution in [0.1, 0.15) is 38.6 Å². The van der Waals surface area contributed by atoms with Crippen molar-refractivity contribution in [3.8, 4) is 0 Å². The van der Waals surface area contributed by atoms with Gasteiger partial charge in [0.15, 0.2) is 0 Å². The summed E-state index contributed by atoms with van der Waals surface area (Å²) in [6, 6.07) is 5.32. The maximum Gasteiger partial charge on any atom is 0.401 e. The molecular formula is C15H24F3N3. The molecule has 0 saturated heterocycles. The standard InChI is InChI=1S/C15H24F3N3/c1-4-8-19-9-13-6-5-7-14(20-13)10-21(12(2)3)11-15(16,17)18/h5-7,12,19H,4,8-11H2,1-3H3. The summed E-state index contributed by atoms with van der Waals surface area (Å²) in [5.41, 5.74) is 1.53. The van der Waals surface area contributed by atoms with Crippen LogP contribution in [-0.2, 0) is 13.1 Å². The van der Waals surface area contributed by atoms with Crippen molar-refractivity contribution >= 4 is 0 Å². The highest BCUT2D eigenvalue weighted by molar-refractivity contribution is 5.11. The second kappa shape index (κ2) is 8.34. The molecule has 0 saturated carbocycles. The number of hydrogen-bond donors (Lipinski definition) is 1. The van der Waals surface area contributed by atoms with Gasteiger partial charge in [-0.3, -0.25) is 9.88 Å². The molecule has 120 valence electrons. The largest absolute Gasteiger partial charge is 0.401 e. The molecule has 0 unspecified atom stereocenters. The molecule has 0 aromatic carbocycles. The van der Waals surface area contributed by atoms with E-state index >= 15 is 0 Å². The molecule has 0 spiro atoms. The Morgan fingerprint density at radius 3 is 2.48 bits per heavy atom. The average molecular weight is 303 g/mol. The Labute approximate surface area is 124 Å². The van der Waals surface area contributed by atoms with E-state index in [1.165, 1.54) is 4.90 Å². The third-order valence-electron chi connectivity index (χ3n) is 3.08. The van der Waals surface area contributed by atoms with Crippen LogP contribution in [0.5, 0.6) is 0 Å². The highest BCUT2D eigenvalue weighted by Gasteiger charge is 2.31. The van der Waals surface area contributed by atoms with Gasteiger partial charge in [-0.05, 0) is 38.9 Å². The summed E-state index contributed by atoms with van der Waals surface area (Å²) in [7, 11) is 0. The molecule has 21 heavy (non-hydrogen) atoms. The summed E-state index contributed by atoms with van der Waals surface area (Å²) < 4.78 is 37.7. The first-order valence-electron chi connectivity index (χ1n) is 7.28. The normalized spacial score (nSPS) is 12.4. The lowest BCUT2D eigenvalue weighted by Crippen LogP contribution is -2.38. The fraction of sp³-hybridized carbons (Fsp3) is 0.667. The molecule has 1 aromatic rings. The monoisotopic (exact) mass is 303 g/mol. The third-order valence-corrected chi connectivity index (χ3v) is 3.08. The van der Waals surface area contributed by atoms with Crippen LogP contribution in [0, 0.1) is 0 Å². The van der Waals surface area contributed by atoms with Gasteiger partial charge in [0.05, 0.1) is 17.9 Å². The first kappa shape index (κ1) is 17.9. The quantitative estimate of drug-likeness (QED) is 0.747. The van der Waals surface area contributed by atoms with Crippen molar-refractivity contribution in [3.63, 3.8) is 0 Å². The molecule has 1 aromatic heterocycles. The summed E-state index contributed by atoms with van der Waals surface area (Å²) in [6.45, 7) is 6.44.